The number of hydroxylamine groups is 1. The quantitative estimate of drug-likeness (QED) is 0.710. The van der Waals surface area contributed by atoms with Crippen molar-refractivity contribution in [1.82, 2.24) is 5.48 Å². The molecule has 2 aliphatic rings. The first-order valence-electron chi connectivity index (χ1n) is 5.09. The maximum absolute atomic E-state index is 13.2. The van der Waals surface area contributed by atoms with Gasteiger partial charge in [-0.1, -0.05) is 0 Å². The Balaban J connectivity index is 2.18. The molecule has 2 aliphatic heterocycles. The lowest BCUT2D eigenvalue weighted by atomic mass is 9.76. The maximum atomic E-state index is 13.2. The average molecular weight is 223 g/mol. The zero-order valence-electron chi connectivity index (χ0n) is 8.46. The van der Waals surface area contributed by atoms with Crippen LogP contribution in [0.15, 0.2) is 18.2 Å². The highest BCUT2D eigenvalue weighted by Crippen LogP contribution is 2.41. The summed E-state index contributed by atoms with van der Waals surface area (Å²) in [5.41, 5.74) is 2.36. The minimum Gasteiger partial charge on any atom is -0.493 e. The van der Waals surface area contributed by atoms with Gasteiger partial charge in [-0.2, -0.15) is 5.48 Å². The van der Waals surface area contributed by atoms with E-state index in [-0.39, 0.29) is 11.8 Å². The van der Waals surface area contributed by atoms with Gasteiger partial charge in [-0.05, 0) is 18.2 Å². The van der Waals surface area contributed by atoms with Gasteiger partial charge in [0.05, 0.1) is 13.2 Å². The van der Waals surface area contributed by atoms with Crippen molar-refractivity contribution >= 4 is 5.97 Å². The van der Waals surface area contributed by atoms with Gasteiger partial charge >= 0.3 is 5.97 Å². The van der Waals surface area contributed by atoms with Crippen molar-refractivity contribution in [3.63, 3.8) is 0 Å². The summed E-state index contributed by atoms with van der Waals surface area (Å²) in [5.74, 6) is -0.167. The summed E-state index contributed by atoms with van der Waals surface area (Å²) in [6, 6.07) is 4.23. The fourth-order valence-electron chi connectivity index (χ4n) is 2.26. The molecule has 0 bridgehead atoms. The molecule has 84 valence electrons. The van der Waals surface area contributed by atoms with Crippen LogP contribution in [0, 0.1) is 5.82 Å². The molecule has 1 saturated heterocycles. The van der Waals surface area contributed by atoms with E-state index in [0.29, 0.717) is 30.9 Å². The van der Waals surface area contributed by atoms with Gasteiger partial charge in [0.15, 0.2) is 0 Å². The number of carbonyl (C=O) groups is 1. The van der Waals surface area contributed by atoms with Crippen molar-refractivity contribution in [2.45, 2.75) is 11.8 Å². The number of rotatable bonds is 0. The minimum atomic E-state index is -0.782. The second kappa shape index (κ2) is 3.18. The van der Waals surface area contributed by atoms with Gasteiger partial charge in [0.2, 0.25) is 0 Å². The largest absolute Gasteiger partial charge is 0.493 e. The fourth-order valence-corrected chi connectivity index (χ4v) is 2.26. The number of ether oxygens (including phenoxy) is 1. The summed E-state index contributed by atoms with van der Waals surface area (Å²) in [6.07, 6.45) is 0.509. The Hall–Kier alpha value is -1.62. The number of fused-ring (bicyclic) bond motifs is 2. The third-order valence-corrected chi connectivity index (χ3v) is 3.17. The lowest BCUT2D eigenvalue weighted by Gasteiger charge is -2.30. The standard InChI is InChI=1S/C11H10FNO3/c12-7-1-2-9-8(5-7)11(3-4-15-9)6-13-16-10(11)14/h1-2,5,13H,3-4,6H2. The number of hydrogen-bond donors (Lipinski definition) is 1. The summed E-state index contributed by atoms with van der Waals surface area (Å²) in [4.78, 5) is 16.5. The topological polar surface area (TPSA) is 47.6 Å². The smallest absolute Gasteiger partial charge is 0.336 e. The van der Waals surface area contributed by atoms with Crippen LogP contribution in [0.2, 0.25) is 0 Å². The molecule has 2 heterocycles. The average Bonchev–Trinajstić information content (AvgIpc) is 2.63. The zero-order valence-corrected chi connectivity index (χ0v) is 8.46. The molecule has 1 unspecified atom stereocenters. The lowest BCUT2D eigenvalue weighted by Crippen LogP contribution is -2.40. The first-order chi connectivity index (χ1) is 7.72. The molecule has 0 aliphatic carbocycles. The van der Waals surface area contributed by atoms with Gasteiger partial charge in [-0.15, -0.1) is 0 Å². The highest BCUT2D eigenvalue weighted by atomic mass is 19.1. The summed E-state index contributed by atoms with van der Waals surface area (Å²) in [5, 5.41) is 0. The molecule has 1 fully saturated rings. The monoisotopic (exact) mass is 223 g/mol. The second-order valence-electron chi connectivity index (χ2n) is 4.03. The molecule has 1 spiro atoms. The Labute approximate surface area is 91.3 Å². The molecule has 0 aromatic heterocycles. The van der Waals surface area contributed by atoms with E-state index in [2.05, 4.69) is 5.48 Å². The van der Waals surface area contributed by atoms with Crippen LogP contribution < -0.4 is 10.2 Å². The third-order valence-electron chi connectivity index (χ3n) is 3.17. The SMILES string of the molecule is O=C1ONCC12CCOc1ccc(F)cc12. The number of hydrogen-bond acceptors (Lipinski definition) is 4. The lowest BCUT2D eigenvalue weighted by molar-refractivity contribution is -0.147. The van der Waals surface area contributed by atoms with E-state index in [1.165, 1.54) is 12.1 Å². The molecule has 1 N–H and O–H groups in total. The molecular weight excluding hydrogens is 213 g/mol. The summed E-state index contributed by atoms with van der Waals surface area (Å²) < 4.78 is 18.6. The van der Waals surface area contributed by atoms with Gasteiger partial charge in [0.25, 0.3) is 0 Å². The predicted molar refractivity (Wildman–Crippen MR) is 52.3 cm³/mol. The van der Waals surface area contributed by atoms with Crippen molar-refractivity contribution in [1.29, 1.82) is 0 Å². The normalized spacial score (nSPS) is 27.4. The van der Waals surface area contributed by atoms with Crippen LogP contribution in [0.25, 0.3) is 0 Å². The summed E-state index contributed by atoms with van der Waals surface area (Å²) in [7, 11) is 0. The zero-order chi connectivity index (χ0) is 11.2. The second-order valence-corrected chi connectivity index (χ2v) is 4.03. The van der Waals surface area contributed by atoms with Gasteiger partial charge in [-0.25, -0.2) is 9.18 Å². The Morgan fingerprint density at radius 3 is 3.06 bits per heavy atom. The van der Waals surface area contributed by atoms with Gasteiger partial charge in [0, 0.05) is 12.0 Å². The van der Waals surface area contributed by atoms with E-state index in [1.807, 2.05) is 0 Å². The Bertz CT molecular complexity index is 463. The molecular formula is C11H10FNO3. The first kappa shape index (κ1) is 9.59. The molecule has 1 aromatic rings. The molecule has 16 heavy (non-hydrogen) atoms. The van der Waals surface area contributed by atoms with E-state index in [4.69, 9.17) is 9.57 Å². The maximum Gasteiger partial charge on any atom is 0.336 e. The van der Waals surface area contributed by atoms with Crippen LogP contribution in [0.1, 0.15) is 12.0 Å². The molecule has 1 aromatic carbocycles. The first-order valence-corrected chi connectivity index (χ1v) is 5.09. The molecule has 0 saturated carbocycles. The number of halogens is 1. The van der Waals surface area contributed by atoms with Gasteiger partial charge < -0.3 is 9.57 Å². The van der Waals surface area contributed by atoms with Crippen molar-refractivity contribution in [3.05, 3.63) is 29.6 Å². The Morgan fingerprint density at radius 2 is 2.31 bits per heavy atom. The number of carbonyl (C=O) groups excluding carboxylic acids is 1. The Kier molecular flexibility index (Phi) is 1.91. The molecule has 1 atom stereocenters. The number of nitrogens with one attached hydrogen (secondary N) is 1. The van der Waals surface area contributed by atoms with Crippen molar-refractivity contribution < 1.29 is 18.8 Å². The highest BCUT2D eigenvalue weighted by molar-refractivity contribution is 5.86. The molecule has 4 nitrogen and oxygen atoms in total. The molecule has 0 radical (unpaired) electrons. The Morgan fingerprint density at radius 1 is 1.44 bits per heavy atom. The molecule has 5 heteroatoms. The van der Waals surface area contributed by atoms with Crippen LogP contribution in [0.4, 0.5) is 4.39 Å². The molecule has 0 amide bonds. The van der Waals surface area contributed by atoms with Crippen molar-refractivity contribution in [2.24, 2.45) is 0 Å². The minimum absolute atomic E-state index is 0.359. The van der Waals surface area contributed by atoms with Crippen LogP contribution in [-0.2, 0) is 15.0 Å². The van der Waals surface area contributed by atoms with E-state index >= 15 is 0 Å². The van der Waals surface area contributed by atoms with Crippen molar-refractivity contribution in [2.75, 3.05) is 13.2 Å². The van der Waals surface area contributed by atoms with Crippen molar-refractivity contribution in [3.8, 4) is 5.75 Å². The van der Waals surface area contributed by atoms with Crippen LogP contribution in [-0.4, -0.2) is 19.1 Å². The van der Waals surface area contributed by atoms with E-state index < -0.39 is 5.41 Å². The predicted octanol–water partition coefficient (Wildman–Crippen LogP) is 0.907. The van der Waals surface area contributed by atoms with Gasteiger partial charge in [-0.3, -0.25) is 0 Å². The summed E-state index contributed by atoms with van der Waals surface area (Å²) in [6.45, 7) is 0.807. The third kappa shape index (κ3) is 1.15. The highest BCUT2D eigenvalue weighted by Gasteiger charge is 2.50. The van der Waals surface area contributed by atoms with Crippen LogP contribution >= 0.6 is 0 Å². The van der Waals surface area contributed by atoms with E-state index in [1.54, 1.807) is 6.07 Å². The van der Waals surface area contributed by atoms with E-state index in [0.717, 1.165) is 0 Å². The van der Waals surface area contributed by atoms with Crippen LogP contribution in [0.3, 0.4) is 0 Å². The van der Waals surface area contributed by atoms with Gasteiger partial charge in [0.1, 0.15) is 17.0 Å². The summed E-state index contributed by atoms with van der Waals surface area (Å²) >= 11 is 0. The van der Waals surface area contributed by atoms with E-state index in [9.17, 15) is 9.18 Å². The van der Waals surface area contributed by atoms with Crippen LogP contribution in [0.5, 0.6) is 5.75 Å². The molecule has 3 rings (SSSR count). The number of benzene rings is 1. The fraction of sp³-hybridized carbons (Fsp3) is 0.364.